The van der Waals surface area contributed by atoms with E-state index in [-0.39, 0.29) is 5.69 Å². The van der Waals surface area contributed by atoms with E-state index in [4.69, 9.17) is 4.74 Å². The number of ether oxygens (including phenoxy) is 1. The molecule has 0 fully saturated rings. The number of hydrogen-bond acceptors (Lipinski definition) is 5. The molecule has 0 saturated heterocycles. The number of halogens is 1. The summed E-state index contributed by atoms with van der Waals surface area (Å²) in [5, 5.41) is 11.1. The standard InChI is InChI=1S/C12H10BrN3O3/c1-7-9(3-4-11(15-7)19-2)12-10(16(17)18)5-8(13)6-14-12/h3-6H,1-2H3. The molecule has 0 aliphatic rings. The first-order valence-corrected chi connectivity index (χ1v) is 6.14. The van der Waals surface area contributed by atoms with E-state index < -0.39 is 4.92 Å². The number of rotatable bonds is 3. The largest absolute Gasteiger partial charge is 0.481 e. The predicted molar refractivity (Wildman–Crippen MR) is 73.1 cm³/mol. The summed E-state index contributed by atoms with van der Waals surface area (Å²) in [6.07, 6.45) is 1.52. The molecule has 0 N–H and O–H groups in total. The maximum atomic E-state index is 11.1. The first-order valence-electron chi connectivity index (χ1n) is 5.35. The van der Waals surface area contributed by atoms with Gasteiger partial charge in [-0.25, -0.2) is 9.97 Å². The monoisotopic (exact) mass is 323 g/mol. The lowest BCUT2D eigenvalue weighted by atomic mass is 10.1. The Morgan fingerprint density at radius 2 is 2.16 bits per heavy atom. The van der Waals surface area contributed by atoms with E-state index in [1.165, 1.54) is 19.4 Å². The van der Waals surface area contributed by atoms with Gasteiger partial charge in [0.15, 0.2) is 0 Å². The van der Waals surface area contributed by atoms with E-state index >= 15 is 0 Å². The van der Waals surface area contributed by atoms with Gasteiger partial charge in [0.2, 0.25) is 5.88 Å². The van der Waals surface area contributed by atoms with Gasteiger partial charge < -0.3 is 4.74 Å². The molecule has 0 saturated carbocycles. The summed E-state index contributed by atoms with van der Waals surface area (Å²) in [6, 6.07) is 4.78. The van der Waals surface area contributed by atoms with Crippen LogP contribution < -0.4 is 4.74 Å². The van der Waals surface area contributed by atoms with Gasteiger partial charge in [-0.15, -0.1) is 0 Å². The van der Waals surface area contributed by atoms with Gasteiger partial charge in [0.05, 0.1) is 17.7 Å². The zero-order chi connectivity index (χ0) is 14.0. The summed E-state index contributed by atoms with van der Waals surface area (Å²) in [7, 11) is 1.52. The molecule has 7 heteroatoms. The molecule has 2 aromatic heterocycles. The van der Waals surface area contributed by atoms with Crippen LogP contribution in [0.4, 0.5) is 5.69 Å². The molecule has 98 valence electrons. The molecule has 0 bridgehead atoms. The van der Waals surface area contributed by atoms with Gasteiger partial charge in [-0.1, -0.05) is 0 Å². The molecule has 0 aromatic carbocycles. The first kappa shape index (κ1) is 13.4. The number of aromatic nitrogens is 2. The van der Waals surface area contributed by atoms with Crippen LogP contribution in [0.1, 0.15) is 5.69 Å². The molecule has 2 rings (SSSR count). The highest BCUT2D eigenvalue weighted by Crippen LogP contribution is 2.32. The van der Waals surface area contributed by atoms with Crippen molar-refractivity contribution in [2.45, 2.75) is 6.92 Å². The van der Waals surface area contributed by atoms with E-state index in [0.29, 0.717) is 27.3 Å². The van der Waals surface area contributed by atoms with Gasteiger partial charge in [-0.3, -0.25) is 10.1 Å². The van der Waals surface area contributed by atoms with Crippen molar-refractivity contribution >= 4 is 21.6 Å². The minimum Gasteiger partial charge on any atom is -0.481 e. The Morgan fingerprint density at radius 3 is 2.74 bits per heavy atom. The third-order valence-electron chi connectivity index (χ3n) is 2.56. The molecule has 0 aliphatic carbocycles. The van der Waals surface area contributed by atoms with Gasteiger partial charge in [-0.05, 0) is 28.9 Å². The van der Waals surface area contributed by atoms with Crippen LogP contribution in [0, 0.1) is 17.0 Å². The molecule has 0 amide bonds. The second-order valence-electron chi connectivity index (χ2n) is 3.76. The van der Waals surface area contributed by atoms with Crippen LogP contribution >= 0.6 is 15.9 Å². The van der Waals surface area contributed by atoms with Crippen LogP contribution in [0.3, 0.4) is 0 Å². The van der Waals surface area contributed by atoms with Crippen molar-refractivity contribution in [1.82, 2.24) is 9.97 Å². The van der Waals surface area contributed by atoms with Crippen molar-refractivity contribution < 1.29 is 9.66 Å². The van der Waals surface area contributed by atoms with Crippen LogP contribution in [0.15, 0.2) is 28.9 Å². The second kappa shape index (κ2) is 5.31. The molecule has 19 heavy (non-hydrogen) atoms. The fourth-order valence-corrected chi connectivity index (χ4v) is 2.00. The fourth-order valence-electron chi connectivity index (χ4n) is 1.68. The van der Waals surface area contributed by atoms with E-state index in [1.807, 2.05) is 0 Å². The Balaban J connectivity index is 2.62. The minimum atomic E-state index is -0.462. The van der Waals surface area contributed by atoms with Crippen molar-refractivity contribution in [3.63, 3.8) is 0 Å². The maximum Gasteiger partial charge on any atom is 0.296 e. The van der Waals surface area contributed by atoms with Crippen LogP contribution in [0.2, 0.25) is 0 Å². The summed E-state index contributed by atoms with van der Waals surface area (Å²) in [5.74, 6) is 0.459. The van der Waals surface area contributed by atoms with E-state index in [9.17, 15) is 10.1 Å². The average molecular weight is 324 g/mol. The predicted octanol–water partition coefficient (Wildman–Crippen LogP) is 3.13. The van der Waals surface area contributed by atoms with Gasteiger partial charge >= 0.3 is 0 Å². The van der Waals surface area contributed by atoms with Crippen LogP contribution in [0.5, 0.6) is 5.88 Å². The highest BCUT2D eigenvalue weighted by Gasteiger charge is 2.19. The van der Waals surface area contributed by atoms with Crippen molar-refractivity contribution in [1.29, 1.82) is 0 Å². The molecule has 2 aromatic rings. The first-order chi connectivity index (χ1) is 9.02. The van der Waals surface area contributed by atoms with Crippen LogP contribution in [-0.2, 0) is 0 Å². The number of nitro groups is 1. The van der Waals surface area contributed by atoms with E-state index in [0.717, 1.165) is 0 Å². The molecular weight excluding hydrogens is 314 g/mol. The molecule has 0 unspecified atom stereocenters. The second-order valence-corrected chi connectivity index (χ2v) is 4.68. The summed E-state index contributed by atoms with van der Waals surface area (Å²) < 4.78 is 5.57. The highest BCUT2D eigenvalue weighted by molar-refractivity contribution is 9.10. The Kier molecular flexibility index (Phi) is 3.75. The SMILES string of the molecule is COc1ccc(-c2ncc(Br)cc2[N+](=O)[O-])c(C)n1. The van der Waals surface area contributed by atoms with Gasteiger partial charge in [-0.2, -0.15) is 0 Å². The summed E-state index contributed by atoms with van der Waals surface area (Å²) >= 11 is 3.18. The Morgan fingerprint density at radius 1 is 1.42 bits per heavy atom. The minimum absolute atomic E-state index is 0.0653. The average Bonchev–Trinajstić information content (AvgIpc) is 2.39. The number of hydrogen-bond donors (Lipinski definition) is 0. The fraction of sp³-hybridized carbons (Fsp3) is 0.167. The summed E-state index contributed by atoms with van der Waals surface area (Å²) in [4.78, 5) is 18.9. The molecule has 0 spiro atoms. The van der Waals surface area contributed by atoms with Crippen molar-refractivity contribution in [3.8, 4) is 17.1 Å². The zero-order valence-electron chi connectivity index (χ0n) is 10.3. The highest BCUT2D eigenvalue weighted by atomic mass is 79.9. The smallest absolute Gasteiger partial charge is 0.296 e. The molecule has 2 heterocycles. The van der Waals surface area contributed by atoms with Crippen molar-refractivity contribution in [3.05, 3.63) is 44.7 Å². The summed E-state index contributed by atoms with van der Waals surface area (Å²) in [5.41, 5.74) is 1.46. The van der Waals surface area contributed by atoms with E-state index in [2.05, 4.69) is 25.9 Å². The van der Waals surface area contributed by atoms with Gasteiger partial charge in [0, 0.05) is 28.4 Å². The Hall–Kier alpha value is -2.02. The third kappa shape index (κ3) is 2.70. The lowest BCUT2D eigenvalue weighted by Crippen LogP contribution is -1.98. The van der Waals surface area contributed by atoms with Crippen LogP contribution in [0.25, 0.3) is 11.3 Å². The van der Waals surface area contributed by atoms with E-state index in [1.54, 1.807) is 19.1 Å². The quantitative estimate of drug-likeness (QED) is 0.640. The molecule has 0 aliphatic heterocycles. The maximum absolute atomic E-state index is 11.1. The molecule has 6 nitrogen and oxygen atoms in total. The number of nitrogens with zero attached hydrogens (tertiary/aromatic N) is 3. The normalized spacial score (nSPS) is 10.3. The van der Waals surface area contributed by atoms with Gasteiger partial charge in [0.25, 0.3) is 5.69 Å². The zero-order valence-corrected chi connectivity index (χ0v) is 11.8. The van der Waals surface area contributed by atoms with Crippen LogP contribution in [-0.4, -0.2) is 22.0 Å². The van der Waals surface area contributed by atoms with Crippen molar-refractivity contribution in [2.24, 2.45) is 0 Å². The number of aryl methyl sites for hydroxylation is 1. The lowest BCUT2D eigenvalue weighted by Gasteiger charge is -2.07. The topological polar surface area (TPSA) is 78.2 Å². The third-order valence-corrected chi connectivity index (χ3v) is 2.99. The molecular formula is C12H10BrN3O3. The molecule has 0 atom stereocenters. The molecule has 0 radical (unpaired) electrons. The Labute approximate surface area is 117 Å². The lowest BCUT2D eigenvalue weighted by molar-refractivity contribution is -0.384. The summed E-state index contributed by atoms with van der Waals surface area (Å²) in [6.45, 7) is 1.76. The Bertz CT molecular complexity index is 646. The van der Waals surface area contributed by atoms with Gasteiger partial charge in [0.1, 0.15) is 5.69 Å². The number of pyridine rings is 2. The van der Waals surface area contributed by atoms with Crippen molar-refractivity contribution in [2.75, 3.05) is 7.11 Å². The number of methoxy groups -OCH3 is 1.